The average molecular weight is 294 g/mol. The molecular weight excluding hydrogens is 275 g/mol. The minimum absolute atomic E-state index is 0.152. The number of benzene rings is 1. The number of hydrogen-bond donors (Lipinski definition) is 0. The molecule has 1 saturated heterocycles. The maximum absolute atomic E-state index is 6.17. The first kappa shape index (κ1) is 13.9. The monoisotopic (exact) mass is 294 g/mol. The van der Waals surface area contributed by atoms with Crippen molar-refractivity contribution in [3.05, 3.63) is 60.2 Å². The molecular formula is C15H19O4P. The van der Waals surface area contributed by atoms with E-state index in [0.29, 0.717) is 6.16 Å². The molecule has 0 bridgehead atoms. The Labute approximate surface area is 119 Å². The molecule has 1 aromatic carbocycles. The van der Waals surface area contributed by atoms with Crippen LogP contribution in [0.25, 0.3) is 0 Å². The third-order valence-corrected chi connectivity index (χ3v) is 7.27. The SMILES string of the molecule is COP1(Cc2ccccc2)(OC)OC2C=CC=CC2O1. The van der Waals surface area contributed by atoms with E-state index in [1.165, 1.54) is 0 Å². The van der Waals surface area contributed by atoms with Crippen LogP contribution in [-0.2, 0) is 24.3 Å². The van der Waals surface area contributed by atoms with Gasteiger partial charge in [0.2, 0.25) is 0 Å². The molecule has 0 radical (unpaired) electrons. The summed E-state index contributed by atoms with van der Waals surface area (Å²) in [5.41, 5.74) is 1.07. The van der Waals surface area contributed by atoms with Gasteiger partial charge in [-0.1, -0.05) is 0 Å². The van der Waals surface area contributed by atoms with Gasteiger partial charge in [-0.2, -0.15) is 0 Å². The molecule has 1 aliphatic carbocycles. The first-order chi connectivity index (χ1) is 9.69. The summed E-state index contributed by atoms with van der Waals surface area (Å²) in [6, 6.07) is 9.98. The molecule has 1 fully saturated rings. The summed E-state index contributed by atoms with van der Waals surface area (Å²) < 4.78 is 23.8. The molecule has 0 N–H and O–H groups in total. The summed E-state index contributed by atoms with van der Waals surface area (Å²) in [7, 11) is -0.402. The van der Waals surface area contributed by atoms with E-state index in [1.54, 1.807) is 14.2 Å². The molecule has 4 nitrogen and oxygen atoms in total. The zero-order chi connectivity index (χ0) is 14.1. The Hall–Kier alpha value is -1.03. The minimum atomic E-state index is -3.59. The predicted molar refractivity (Wildman–Crippen MR) is 79.1 cm³/mol. The number of fused-ring (bicyclic) bond motifs is 1. The predicted octanol–water partition coefficient (Wildman–Crippen LogP) is 3.60. The molecule has 2 aliphatic rings. The standard InChI is InChI=1S/C15H19O4P/c1-16-20(17-2,12-13-8-4-3-5-9-13)18-14-10-6-7-11-15(14)19-20/h3-11,14-15H,12H2,1-2H3. The zero-order valence-corrected chi connectivity index (χ0v) is 12.5. The van der Waals surface area contributed by atoms with E-state index in [9.17, 15) is 0 Å². The van der Waals surface area contributed by atoms with E-state index in [0.717, 1.165) is 5.56 Å². The van der Waals surface area contributed by atoms with Gasteiger partial charge in [0, 0.05) is 0 Å². The second-order valence-electron chi connectivity index (χ2n) is 4.88. The molecule has 20 heavy (non-hydrogen) atoms. The first-order valence-corrected chi connectivity index (χ1v) is 8.69. The second kappa shape index (κ2) is 5.06. The summed E-state index contributed by atoms with van der Waals surface area (Å²) in [5.74, 6) is 0. The fraction of sp³-hybridized carbons (Fsp3) is 0.333. The van der Waals surface area contributed by atoms with Crippen LogP contribution in [-0.4, -0.2) is 26.4 Å². The summed E-state index contributed by atoms with van der Waals surface area (Å²) in [6.45, 7) is 0. The van der Waals surface area contributed by atoms with Gasteiger partial charge in [-0.3, -0.25) is 0 Å². The number of hydrogen-bond acceptors (Lipinski definition) is 4. The summed E-state index contributed by atoms with van der Waals surface area (Å²) >= 11 is 0. The topological polar surface area (TPSA) is 36.9 Å². The van der Waals surface area contributed by atoms with Crippen LogP contribution in [0.5, 0.6) is 0 Å². The van der Waals surface area contributed by atoms with Gasteiger partial charge in [0.1, 0.15) is 0 Å². The molecule has 2 unspecified atom stereocenters. The van der Waals surface area contributed by atoms with Crippen LogP contribution in [0.3, 0.4) is 0 Å². The van der Waals surface area contributed by atoms with Gasteiger partial charge < -0.3 is 0 Å². The van der Waals surface area contributed by atoms with Crippen molar-refractivity contribution in [3.8, 4) is 0 Å². The van der Waals surface area contributed by atoms with Crippen LogP contribution in [0, 0.1) is 0 Å². The van der Waals surface area contributed by atoms with Gasteiger partial charge in [0.05, 0.1) is 0 Å². The van der Waals surface area contributed by atoms with Crippen molar-refractivity contribution in [1.29, 1.82) is 0 Å². The Morgan fingerprint density at radius 1 is 0.950 bits per heavy atom. The van der Waals surface area contributed by atoms with Crippen LogP contribution >= 0.6 is 7.51 Å². The van der Waals surface area contributed by atoms with Crippen molar-refractivity contribution >= 4 is 7.51 Å². The summed E-state index contributed by atoms with van der Waals surface area (Å²) in [4.78, 5) is 0. The molecule has 0 spiro atoms. The van der Waals surface area contributed by atoms with Gasteiger partial charge >= 0.3 is 118 Å². The van der Waals surface area contributed by atoms with E-state index >= 15 is 0 Å². The molecule has 3 rings (SSSR count). The van der Waals surface area contributed by atoms with E-state index in [4.69, 9.17) is 18.1 Å². The third-order valence-electron chi connectivity index (χ3n) is 3.68. The van der Waals surface area contributed by atoms with E-state index < -0.39 is 7.51 Å². The van der Waals surface area contributed by atoms with Crippen LogP contribution in [0.15, 0.2) is 54.6 Å². The Morgan fingerprint density at radius 2 is 1.50 bits per heavy atom. The molecule has 1 aliphatic heterocycles. The Balaban J connectivity index is 1.95. The quantitative estimate of drug-likeness (QED) is 0.795. The van der Waals surface area contributed by atoms with Crippen molar-refractivity contribution in [2.24, 2.45) is 0 Å². The van der Waals surface area contributed by atoms with Crippen molar-refractivity contribution in [2.75, 3.05) is 14.2 Å². The van der Waals surface area contributed by atoms with Gasteiger partial charge in [-0.15, -0.1) is 0 Å². The van der Waals surface area contributed by atoms with Crippen LogP contribution in [0.4, 0.5) is 0 Å². The van der Waals surface area contributed by atoms with Crippen molar-refractivity contribution < 1.29 is 18.1 Å². The fourth-order valence-corrected chi connectivity index (χ4v) is 5.66. The molecule has 0 saturated carbocycles. The first-order valence-electron chi connectivity index (χ1n) is 6.60. The van der Waals surface area contributed by atoms with E-state index in [1.807, 2.05) is 54.6 Å². The fourth-order valence-electron chi connectivity index (χ4n) is 2.58. The molecule has 108 valence electrons. The van der Waals surface area contributed by atoms with Gasteiger partial charge in [0.15, 0.2) is 0 Å². The van der Waals surface area contributed by atoms with Gasteiger partial charge in [0.25, 0.3) is 0 Å². The zero-order valence-electron chi connectivity index (χ0n) is 11.6. The van der Waals surface area contributed by atoms with Crippen molar-refractivity contribution in [2.45, 2.75) is 18.4 Å². The van der Waals surface area contributed by atoms with E-state index in [-0.39, 0.29) is 12.2 Å². The molecule has 0 amide bonds. The van der Waals surface area contributed by atoms with Crippen LogP contribution in [0.1, 0.15) is 5.56 Å². The van der Waals surface area contributed by atoms with Crippen LogP contribution < -0.4 is 0 Å². The number of rotatable bonds is 4. The van der Waals surface area contributed by atoms with Crippen molar-refractivity contribution in [1.82, 2.24) is 0 Å². The van der Waals surface area contributed by atoms with E-state index in [2.05, 4.69) is 0 Å². The van der Waals surface area contributed by atoms with Crippen molar-refractivity contribution in [3.63, 3.8) is 0 Å². The normalized spacial score (nSPS) is 31.4. The Bertz CT molecular complexity index is 512. The summed E-state index contributed by atoms with van der Waals surface area (Å²) in [6.07, 6.45) is 8.03. The third kappa shape index (κ3) is 2.24. The maximum atomic E-state index is 6.17. The molecule has 1 heterocycles. The average Bonchev–Trinajstić information content (AvgIpc) is 2.84. The van der Waals surface area contributed by atoms with Crippen LogP contribution in [0.2, 0.25) is 0 Å². The molecule has 1 aromatic rings. The molecule has 2 atom stereocenters. The second-order valence-corrected chi connectivity index (χ2v) is 8.28. The Kier molecular flexibility index (Phi) is 3.53. The molecule has 5 heteroatoms. The number of allylic oxidation sites excluding steroid dienone is 2. The van der Waals surface area contributed by atoms with Gasteiger partial charge in [-0.25, -0.2) is 0 Å². The Morgan fingerprint density at radius 3 is 2.00 bits per heavy atom. The summed E-state index contributed by atoms with van der Waals surface area (Å²) in [5, 5.41) is 0. The van der Waals surface area contributed by atoms with Gasteiger partial charge in [-0.05, 0) is 0 Å². The molecule has 0 aromatic heterocycles.